The topological polar surface area (TPSA) is 79.0 Å². The summed E-state index contributed by atoms with van der Waals surface area (Å²) >= 11 is 12.1. The van der Waals surface area contributed by atoms with Crippen LogP contribution in [-0.2, 0) is 9.53 Å². The number of carbonyl (C=O) groups excluding carboxylic acids is 3. The van der Waals surface area contributed by atoms with Crippen molar-refractivity contribution in [2.75, 3.05) is 19.7 Å². The van der Waals surface area contributed by atoms with Crippen molar-refractivity contribution in [1.82, 2.24) is 15.1 Å². The molecular formula is C27H31Cl2N3O4. The second-order valence-electron chi connectivity index (χ2n) is 9.50. The Kier molecular flexibility index (Phi) is 7.93. The number of benzene rings is 2. The predicted molar refractivity (Wildman–Crippen MR) is 139 cm³/mol. The van der Waals surface area contributed by atoms with Crippen molar-refractivity contribution in [3.63, 3.8) is 0 Å². The normalized spacial score (nSPS) is 19.9. The largest absolute Gasteiger partial charge is 0.353 e. The van der Waals surface area contributed by atoms with E-state index in [0.717, 1.165) is 12.0 Å². The van der Waals surface area contributed by atoms with Crippen LogP contribution in [0.2, 0.25) is 10.0 Å². The Morgan fingerprint density at radius 3 is 2.42 bits per heavy atom. The fourth-order valence-corrected chi connectivity index (χ4v) is 5.12. The number of hydrogen-bond donors (Lipinski definition) is 1. The van der Waals surface area contributed by atoms with Crippen LogP contribution in [0.25, 0.3) is 0 Å². The van der Waals surface area contributed by atoms with Crippen molar-refractivity contribution < 1.29 is 19.1 Å². The van der Waals surface area contributed by atoms with E-state index in [0.29, 0.717) is 47.1 Å². The molecule has 36 heavy (non-hydrogen) atoms. The van der Waals surface area contributed by atoms with Gasteiger partial charge in [-0.05, 0) is 50.1 Å². The molecule has 0 aliphatic carbocycles. The van der Waals surface area contributed by atoms with E-state index >= 15 is 0 Å². The van der Waals surface area contributed by atoms with Crippen molar-refractivity contribution in [3.8, 4) is 0 Å². The van der Waals surface area contributed by atoms with Crippen molar-refractivity contribution in [1.29, 1.82) is 0 Å². The molecule has 2 saturated heterocycles. The molecule has 192 valence electrons. The molecule has 3 amide bonds. The number of piperidine rings is 1. The van der Waals surface area contributed by atoms with Crippen LogP contribution in [0.15, 0.2) is 42.5 Å². The molecular weight excluding hydrogens is 501 g/mol. The van der Waals surface area contributed by atoms with Gasteiger partial charge in [0.15, 0.2) is 0 Å². The molecule has 0 bridgehead atoms. The Balaban J connectivity index is 1.59. The zero-order chi connectivity index (χ0) is 26.0. The third kappa shape index (κ3) is 5.10. The Morgan fingerprint density at radius 2 is 1.78 bits per heavy atom. The highest BCUT2D eigenvalue weighted by atomic mass is 35.5. The van der Waals surface area contributed by atoms with Gasteiger partial charge >= 0.3 is 0 Å². The van der Waals surface area contributed by atoms with E-state index in [4.69, 9.17) is 27.9 Å². The Morgan fingerprint density at radius 1 is 1.08 bits per heavy atom. The van der Waals surface area contributed by atoms with Gasteiger partial charge in [0.05, 0.1) is 16.7 Å². The molecule has 2 atom stereocenters. The number of aryl methyl sites for hydroxylation is 1. The van der Waals surface area contributed by atoms with Crippen LogP contribution in [0.4, 0.5) is 0 Å². The van der Waals surface area contributed by atoms with E-state index in [9.17, 15) is 14.4 Å². The highest BCUT2D eigenvalue weighted by Gasteiger charge is 2.54. The van der Waals surface area contributed by atoms with Gasteiger partial charge in [0.2, 0.25) is 5.91 Å². The highest BCUT2D eigenvalue weighted by Crippen LogP contribution is 2.39. The summed E-state index contributed by atoms with van der Waals surface area (Å²) in [5.41, 5.74) is 0.854. The van der Waals surface area contributed by atoms with Gasteiger partial charge in [-0.2, -0.15) is 0 Å². The van der Waals surface area contributed by atoms with E-state index in [-0.39, 0.29) is 30.4 Å². The summed E-state index contributed by atoms with van der Waals surface area (Å²) in [7, 11) is 0. The van der Waals surface area contributed by atoms with Gasteiger partial charge < -0.3 is 15.0 Å². The second-order valence-corrected chi connectivity index (χ2v) is 10.3. The summed E-state index contributed by atoms with van der Waals surface area (Å²) in [6, 6.07) is 11.4. The lowest BCUT2D eigenvalue weighted by molar-refractivity contribution is -0.128. The number of halogens is 2. The number of nitrogens with one attached hydrogen (secondary N) is 1. The third-order valence-electron chi connectivity index (χ3n) is 7.16. The fraction of sp³-hybridized carbons (Fsp3) is 0.444. The SMILES string of the molecule is CC[C@@H](C)NC(=O)[C@@H]1COC2(CCN(C(=O)c3ccc(Cl)c(Cl)c3)CC2)N1C(=O)c1ccccc1C. The number of likely N-dealkylation sites (tertiary alicyclic amines) is 1. The average Bonchev–Trinajstić information content (AvgIpc) is 3.24. The lowest BCUT2D eigenvalue weighted by Crippen LogP contribution is -2.60. The molecule has 2 aliphatic heterocycles. The first-order valence-electron chi connectivity index (χ1n) is 12.2. The van der Waals surface area contributed by atoms with Crippen molar-refractivity contribution in [3.05, 3.63) is 69.2 Å². The predicted octanol–water partition coefficient (Wildman–Crippen LogP) is 4.69. The van der Waals surface area contributed by atoms with Crippen molar-refractivity contribution >= 4 is 40.9 Å². The summed E-state index contributed by atoms with van der Waals surface area (Å²) in [6.45, 7) is 6.66. The van der Waals surface area contributed by atoms with Gasteiger partial charge in [-0.3, -0.25) is 19.3 Å². The number of hydrogen-bond acceptors (Lipinski definition) is 4. The Bertz CT molecular complexity index is 1160. The third-order valence-corrected chi connectivity index (χ3v) is 7.90. The van der Waals surface area contributed by atoms with E-state index < -0.39 is 11.8 Å². The van der Waals surface area contributed by atoms with Gasteiger partial charge in [0, 0.05) is 43.1 Å². The van der Waals surface area contributed by atoms with Gasteiger partial charge in [0.1, 0.15) is 11.8 Å². The first kappa shape index (κ1) is 26.5. The quantitative estimate of drug-likeness (QED) is 0.606. The first-order chi connectivity index (χ1) is 17.2. The van der Waals surface area contributed by atoms with Gasteiger partial charge in [-0.15, -0.1) is 0 Å². The monoisotopic (exact) mass is 531 g/mol. The molecule has 1 spiro atoms. The summed E-state index contributed by atoms with van der Waals surface area (Å²) < 4.78 is 6.26. The van der Waals surface area contributed by atoms with E-state index in [2.05, 4.69) is 5.32 Å². The maximum absolute atomic E-state index is 13.9. The molecule has 2 aliphatic rings. The van der Waals surface area contributed by atoms with Crippen LogP contribution in [0, 0.1) is 6.92 Å². The zero-order valence-corrected chi connectivity index (χ0v) is 22.2. The molecule has 9 heteroatoms. The molecule has 2 aromatic rings. The maximum atomic E-state index is 13.9. The maximum Gasteiger partial charge on any atom is 0.257 e. The summed E-state index contributed by atoms with van der Waals surface area (Å²) in [5, 5.41) is 3.71. The summed E-state index contributed by atoms with van der Waals surface area (Å²) in [4.78, 5) is 43.5. The zero-order valence-electron chi connectivity index (χ0n) is 20.7. The standard InChI is InChI=1S/C27H31Cl2N3O4/c1-4-18(3)30-24(33)23-16-36-27(32(23)26(35)20-8-6-5-7-17(20)2)11-13-31(14-12-27)25(34)19-9-10-21(28)22(29)15-19/h5-10,15,18,23H,4,11-14,16H2,1-3H3,(H,30,33)/t18-,23+/m1/s1. The minimum atomic E-state index is -0.967. The first-order valence-corrected chi connectivity index (χ1v) is 13.0. The number of amides is 3. The molecule has 2 aromatic carbocycles. The van der Waals surface area contributed by atoms with Crippen LogP contribution in [0.3, 0.4) is 0 Å². The second kappa shape index (κ2) is 10.8. The Labute approximate surface area is 221 Å². The number of nitrogens with zero attached hydrogens (tertiary/aromatic N) is 2. The molecule has 0 radical (unpaired) electrons. The lowest BCUT2D eigenvalue weighted by atomic mass is 9.95. The Hall–Kier alpha value is -2.61. The van der Waals surface area contributed by atoms with Gasteiger partial charge in [-0.25, -0.2) is 0 Å². The lowest BCUT2D eigenvalue weighted by Gasteiger charge is -2.44. The minimum Gasteiger partial charge on any atom is -0.353 e. The van der Waals surface area contributed by atoms with E-state index in [1.54, 1.807) is 34.1 Å². The van der Waals surface area contributed by atoms with Crippen LogP contribution in [0.5, 0.6) is 0 Å². The molecule has 7 nitrogen and oxygen atoms in total. The molecule has 0 unspecified atom stereocenters. The van der Waals surface area contributed by atoms with Crippen molar-refractivity contribution in [2.24, 2.45) is 0 Å². The highest BCUT2D eigenvalue weighted by molar-refractivity contribution is 6.42. The van der Waals surface area contributed by atoms with E-state index in [1.807, 2.05) is 39.0 Å². The summed E-state index contributed by atoms with van der Waals surface area (Å²) in [5.74, 6) is -0.624. The van der Waals surface area contributed by atoms with Crippen molar-refractivity contribution in [2.45, 2.75) is 57.8 Å². The van der Waals surface area contributed by atoms with Gasteiger partial charge in [-0.1, -0.05) is 48.3 Å². The molecule has 0 saturated carbocycles. The molecule has 1 N–H and O–H groups in total. The number of rotatable bonds is 5. The number of carbonyl (C=O) groups is 3. The van der Waals surface area contributed by atoms with Gasteiger partial charge in [0.25, 0.3) is 11.8 Å². The average molecular weight is 532 g/mol. The molecule has 4 rings (SSSR count). The van der Waals surface area contributed by atoms with Crippen LogP contribution in [-0.4, -0.2) is 65.0 Å². The van der Waals surface area contributed by atoms with Crippen LogP contribution in [0.1, 0.15) is 59.4 Å². The summed E-state index contributed by atoms with van der Waals surface area (Å²) in [6.07, 6.45) is 1.57. The van der Waals surface area contributed by atoms with E-state index in [1.165, 1.54) is 0 Å². The molecule has 0 aromatic heterocycles. The fourth-order valence-electron chi connectivity index (χ4n) is 4.82. The molecule has 2 fully saturated rings. The minimum absolute atomic E-state index is 0.0184. The van der Waals surface area contributed by atoms with Crippen LogP contribution >= 0.6 is 23.2 Å². The smallest absolute Gasteiger partial charge is 0.257 e. The van der Waals surface area contributed by atoms with Crippen LogP contribution < -0.4 is 5.32 Å². The molecule has 2 heterocycles. The number of ether oxygens (including phenoxy) is 1.